The number of hydrogen-bond donors (Lipinski definition) is 2. The number of Topliss-reactive ketones (excluding diaryl/α,β-unsaturated/α-hetero) is 1. The van der Waals surface area contributed by atoms with Crippen LogP contribution in [0.4, 0.5) is 0 Å². The van der Waals surface area contributed by atoms with Gasteiger partial charge in [-0.05, 0) is 20.3 Å². The standard InChI is InChI=1S/C18H22Cl3NO5/c1-17(2,10-15(24)27-11-18(19,20)21)22-13(16(25)26)8-9-14(23)12-6-4-3-5-7-12/h3-7,13,22H,8-11H2,1-2H3,(H,25,26). The molecular formula is C18H22Cl3NO5. The fraction of sp³-hybridized carbons (Fsp3) is 0.500. The number of carboxylic acids is 1. The van der Waals surface area contributed by atoms with Gasteiger partial charge in [0.2, 0.25) is 3.79 Å². The van der Waals surface area contributed by atoms with Crippen LogP contribution in [0.3, 0.4) is 0 Å². The van der Waals surface area contributed by atoms with E-state index < -0.39 is 33.9 Å². The molecule has 150 valence electrons. The summed E-state index contributed by atoms with van der Waals surface area (Å²) in [6.45, 7) is 2.90. The Morgan fingerprint density at radius 2 is 1.74 bits per heavy atom. The SMILES string of the molecule is CC(C)(CC(=O)OCC(Cl)(Cl)Cl)NC(CCC(=O)c1ccccc1)C(=O)O. The first kappa shape index (κ1) is 23.7. The van der Waals surface area contributed by atoms with Gasteiger partial charge in [0.1, 0.15) is 12.6 Å². The number of rotatable bonds is 10. The molecule has 1 unspecified atom stereocenters. The van der Waals surface area contributed by atoms with Crippen LogP contribution in [0.1, 0.15) is 43.5 Å². The Labute approximate surface area is 173 Å². The van der Waals surface area contributed by atoms with Crippen LogP contribution in [0.5, 0.6) is 0 Å². The van der Waals surface area contributed by atoms with Crippen LogP contribution in [0, 0.1) is 0 Å². The summed E-state index contributed by atoms with van der Waals surface area (Å²) < 4.78 is 3.15. The monoisotopic (exact) mass is 437 g/mol. The van der Waals surface area contributed by atoms with E-state index in [0.717, 1.165) is 0 Å². The van der Waals surface area contributed by atoms with Crippen LogP contribution in [-0.2, 0) is 14.3 Å². The van der Waals surface area contributed by atoms with Crippen LogP contribution in [0.15, 0.2) is 30.3 Å². The summed E-state index contributed by atoms with van der Waals surface area (Å²) in [6.07, 6.45) is 0.00161. The van der Waals surface area contributed by atoms with Gasteiger partial charge in [-0.3, -0.25) is 19.7 Å². The minimum absolute atomic E-state index is 0.0573. The summed E-state index contributed by atoms with van der Waals surface area (Å²) in [5, 5.41) is 12.3. The quantitative estimate of drug-likeness (QED) is 0.328. The van der Waals surface area contributed by atoms with Crippen LogP contribution in [0.2, 0.25) is 0 Å². The second-order valence-corrected chi connectivity index (χ2v) is 9.22. The third-order valence-corrected chi connectivity index (χ3v) is 3.93. The fourth-order valence-electron chi connectivity index (χ4n) is 2.40. The topological polar surface area (TPSA) is 92.7 Å². The van der Waals surface area contributed by atoms with E-state index in [1.54, 1.807) is 44.2 Å². The minimum Gasteiger partial charge on any atom is -0.480 e. The van der Waals surface area contributed by atoms with Gasteiger partial charge in [0.05, 0.1) is 6.42 Å². The van der Waals surface area contributed by atoms with Crippen molar-refractivity contribution in [3.8, 4) is 0 Å². The average molecular weight is 439 g/mol. The molecule has 0 aromatic heterocycles. The van der Waals surface area contributed by atoms with Crippen molar-refractivity contribution in [3.05, 3.63) is 35.9 Å². The van der Waals surface area contributed by atoms with Gasteiger partial charge in [0, 0.05) is 17.5 Å². The molecule has 0 fully saturated rings. The maximum atomic E-state index is 12.2. The van der Waals surface area contributed by atoms with Gasteiger partial charge >= 0.3 is 11.9 Å². The van der Waals surface area contributed by atoms with Gasteiger partial charge in [0.25, 0.3) is 0 Å². The number of aliphatic carboxylic acids is 1. The van der Waals surface area contributed by atoms with E-state index >= 15 is 0 Å². The Kier molecular flexibility index (Phi) is 9.02. The number of ketones is 1. The molecule has 0 aliphatic carbocycles. The number of nitrogens with one attached hydrogen (secondary N) is 1. The van der Waals surface area contributed by atoms with Gasteiger partial charge in [-0.1, -0.05) is 65.1 Å². The summed E-state index contributed by atoms with van der Waals surface area (Å²) in [5.41, 5.74) is -0.375. The molecule has 1 aromatic rings. The number of ether oxygens (including phenoxy) is 1. The molecule has 0 heterocycles. The van der Waals surface area contributed by atoms with Crippen molar-refractivity contribution in [2.24, 2.45) is 0 Å². The Bertz CT molecular complexity index is 659. The second kappa shape index (κ2) is 10.3. The van der Waals surface area contributed by atoms with Crippen LogP contribution < -0.4 is 5.32 Å². The van der Waals surface area contributed by atoms with Crippen LogP contribution in [-0.4, -0.2) is 44.8 Å². The molecular weight excluding hydrogens is 417 g/mol. The largest absolute Gasteiger partial charge is 0.480 e. The lowest BCUT2D eigenvalue weighted by atomic mass is 9.96. The smallest absolute Gasteiger partial charge is 0.320 e. The minimum atomic E-state index is -1.71. The van der Waals surface area contributed by atoms with Crippen molar-refractivity contribution in [2.45, 2.75) is 48.5 Å². The van der Waals surface area contributed by atoms with Gasteiger partial charge in [-0.15, -0.1) is 0 Å². The number of alkyl halides is 3. The van der Waals surface area contributed by atoms with Crippen molar-refractivity contribution >= 4 is 52.5 Å². The Balaban J connectivity index is 2.60. The summed E-state index contributed by atoms with van der Waals surface area (Å²) in [7, 11) is 0. The van der Waals surface area contributed by atoms with Crippen LogP contribution in [0.25, 0.3) is 0 Å². The normalized spacial score (nSPS) is 13.1. The highest BCUT2D eigenvalue weighted by molar-refractivity contribution is 6.67. The Morgan fingerprint density at radius 1 is 1.15 bits per heavy atom. The number of carbonyl (C=O) groups excluding carboxylic acids is 2. The van der Waals surface area contributed by atoms with E-state index in [1.165, 1.54) is 0 Å². The van der Waals surface area contributed by atoms with Gasteiger partial charge < -0.3 is 9.84 Å². The molecule has 0 amide bonds. The van der Waals surface area contributed by atoms with Crippen molar-refractivity contribution in [3.63, 3.8) is 0 Å². The molecule has 9 heteroatoms. The molecule has 1 atom stereocenters. The second-order valence-electron chi connectivity index (χ2n) is 6.70. The molecule has 1 aromatic carbocycles. The van der Waals surface area contributed by atoms with E-state index in [0.29, 0.717) is 5.56 Å². The molecule has 0 radical (unpaired) electrons. The summed E-state index contributed by atoms with van der Waals surface area (Å²) in [4.78, 5) is 35.6. The van der Waals surface area contributed by atoms with E-state index in [9.17, 15) is 19.5 Å². The molecule has 0 aliphatic rings. The lowest BCUT2D eigenvalue weighted by Gasteiger charge is -2.29. The first-order valence-corrected chi connectivity index (χ1v) is 9.34. The highest BCUT2D eigenvalue weighted by Crippen LogP contribution is 2.26. The lowest BCUT2D eigenvalue weighted by molar-refractivity contribution is -0.146. The number of esters is 1. The van der Waals surface area contributed by atoms with Crippen molar-refractivity contribution < 1.29 is 24.2 Å². The van der Waals surface area contributed by atoms with E-state index in [-0.39, 0.29) is 25.0 Å². The molecule has 1 rings (SSSR count). The zero-order valence-electron chi connectivity index (χ0n) is 15.0. The third kappa shape index (κ3) is 9.96. The predicted octanol–water partition coefficient (Wildman–Crippen LogP) is 3.77. The predicted molar refractivity (Wildman–Crippen MR) is 105 cm³/mol. The summed E-state index contributed by atoms with van der Waals surface area (Å²) in [5.74, 6) is -1.90. The average Bonchev–Trinajstić information content (AvgIpc) is 2.56. The van der Waals surface area contributed by atoms with E-state index in [1.807, 2.05) is 0 Å². The molecule has 6 nitrogen and oxygen atoms in total. The van der Waals surface area contributed by atoms with Gasteiger partial charge in [0.15, 0.2) is 5.78 Å². The Morgan fingerprint density at radius 3 is 2.26 bits per heavy atom. The molecule has 0 saturated carbocycles. The van der Waals surface area contributed by atoms with Crippen molar-refractivity contribution in [1.29, 1.82) is 0 Å². The molecule has 27 heavy (non-hydrogen) atoms. The maximum absolute atomic E-state index is 12.2. The first-order chi connectivity index (χ1) is 12.4. The Hall–Kier alpha value is -1.34. The first-order valence-electron chi connectivity index (χ1n) is 8.21. The highest BCUT2D eigenvalue weighted by Gasteiger charge is 2.31. The number of carbonyl (C=O) groups is 3. The van der Waals surface area contributed by atoms with E-state index in [4.69, 9.17) is 39.5 Å². The number of carboxylic acid groups (broad SMARTS) is 1. The lowest BCUT2D eigenvalue weighted by Crippen LogP contribution is -2.51. The molecule has 0 saturated heterocycles. The maximum Gasteiger partial charge on any atom is 0.320 e. The van der Waals surface area contributed by atoms with Crippen molar-refractivity contribution in [1.82, 2.24) is 5.32 Å². The van der Waals surface area contributed by atoms with E-state index in [2.05, 4.69) is 5.32 Å². The van der Waals surface area contributed by atoms with Crippen LogP contribution >= 0.6 is 34.8 Å². The fourth-order valence-corrected chi connectivity index (χ4v) is 2.56. The van der Waals surface area contributed by atoms with Crippen molar-refractivity contribution in [2.75, 3.05) is 6.61 Å². The van der Waals surface area contributed by atoms with Gasteiger partial charge in [-0.2, -0.15) is 0 Å². The number of halogens is 3. The van der Waals surface area contributed by atoms with Gasteiger partial charge in [-0.25, -0.2) is 0 Å². The highest BCUT2D eigenvalue weighted by atomic mass is 35.6. The zero-order valence-corrected chi connectivity index (χ0v) is 17.3. The molecule has 0 aliphatic heterocycles. The number of hydrogen-bond acceptors (Lipinski definition) is 5. The molecule has 0 bridgehead atoms. The molecule has 0 spiro atoms. The summed E-state index contributed by atoms with van der Waals surface area (Å²) in [6, 6.07) is 7.63. The zero-order chi connectivity index (χ0) is 20.7. The molecule has 2 N–H and O–H groups in total. The third-order valence-electron chi connectivity index (χ3n) is 3.60. The number of benzene rings is 1. The summed E-state index contributed by atoms with van der Waals surface area (Å²) >= 11 is 16.6.